The number of hydrogen-bond donors (Lipinski definition) is 0. The van der Waals surface area contributed by atoms with Gasteiger partial charge in [-0.3, -0.25) is 4.79 Å². The summed E-state index contributed by atoms with van der Waals surface area (Å²) in [6.07, 6.45) is 16.2. The number of esters is 1. The zero-order valence-corrected chi connectivity index (χ0v) is 14.8. The predicted octanol–water partition coefficient (Wildman–Crippen LogP) is 5.89. The Kier molecular flexibility index (Phi) is 7.75. The van der Waals surface area contributed by atoms with E-state index < -0.39 is 0 Å². The highest BCUT2D eigenvalue weighted by atomic mass is 16.5. The van der Waals surface area contributed by atoms with Gasteiger partial charge in [-0.15, -0.1) is 0 Å². The number of hydrogen-bond acceptors (Lipinski definition) is 2. The molecule has 0 atom stereocenters. The van der Waals surface area contributed by atoms with Gasteiger partial charge in [-0.1, -0.05) is 46.0 Å². The minimum atomic E-state index is 0.118. The molecule has 0 aliphatic heterocycles. The van der Waals surface area contributed by atoms with Crippen LogP contribution in [0.5, 0.6) is 0 Å². The van der Waals surface area contributed by atoms with Gasteiger partial charge < -0.3 is 4.74 Å². The summed E-state index contributed by atoms with van der Waals surface area (Å²) in [5.74, 6) is 2.07. The molecule has 22 heavy (non-hydrogen) atoms. The monoisotopic (exact) mass is 308 g/mol. The third kappa shape index (κ3) is 5.59. The Labute approximate surface area is 137 Å². The van der Waals surface area contributed by atoms with E-state index >= 15 is 0 Å². The van der Waals surface area contributed by atoms with Gasteiger partial charge in [-0.05, 0) is 63.2 Å². The first-order valence-electron chi connectivity index (χ1n) is 9.93. The highest BCUT2D eigenvalue weighted by Gasteiger charge is 2.30. The SMILES string of the molecule is CCCC[C@H]1CC[C@H](C(=O)O[C@H]2CC[C@H](CCC)CC2)CC1. The summed E-state index contributed by atoms with van der Waals surface area (Å²) >= 11 is 0. The second kappa shape index (κ2) is 9.57. The average molecular weight is 309 g/mol. The van der Waals surface area contributed by atoms with Crippen LogP contribution in [0.15, 0.2) is 0 Å². The summed E-state index contributed by atoms with van der Waals surface area (Å²) in [6, 6.07) is 0. The van der Waals surface area contributed by atoms with E-state index in [9.17, 15) is 4.79 Å². The second-order valence-corrected chi connectivity index (χ2v) is 7.73. The topological polar surface area (TPSA) is 26.3 Å². The second-order valence-electron chi connectivity index (χ2n) is 7.73. The lowest BCUT2D eigenvalue weighted by molar-refractivity contribution is -0.157. The standard InChI is InChI=1S/C20H36O2/c1-3-5-7-17-8-12-18(13-9-17)20(21)22-19-14-10-16(6-4-2)11-15-19/h16-19H,3-15H2,1-2H3/t16-,17-,18-,19-. The summed E-state index contributed by atoms with van der Waals surface area (Å²) < 4.78 is 5.83. The van der Waals surface area contributed by atoms with E-state index in [1.807, 2.05) is 0 Å². The Bertz CT molecular complexity index is 310. The van der Waals surface area contributed by atoms with Gasteiger partial charge in [0.1, 0.15) is 6.10 Å². The van der Waals surface area contributed by atoms with Crippen molar-refractivity contribution in [2.75, 3.05) is 0 Å². The van der Waals surface area contributed by atoms with Crippen LogP contribution in [0.1, 0.15) is 97.3 Å². The van der Waals surface area contributed by atoms with Gasteiger partial charge in [0.2, 0.25) is 0 Å². The molecule has 2 fully saturated rings. The van der Waals surface area contributed by atoms with Crippen molar-refractivity contribution in [1.82, 2.24) is 0 Å². The molecule has 0 heterocycles. The summed E-state index contributed by atoms with van der Waals surface area (Å²) in [4.78, 5) is 12.4. The quantitative estimate of drug-likeness (QED) is 0.548. The van der Waals surface area contributed by atoms with Crippen molar-refractivity contribution in [2.45, 2.75) is 103 Å². The van der Waals surface area contributed by atoms with Crippen LogP contribution < -0.4 is 0 Å². The largest absolute Gasteiger partial charge is 0.462 e. The van der Waals surface area contributed by atoms with Gasteiger partial charge in [-0.25, -0.2) is 0 Å². The van der Waals surface area contributed by atoms with Crippen molar-refractivity contribution in [3.8, 4) is 0 Å². The Morgan fingerprint density at radius 3 is 2.00 bits per heavy atom. The summed E-state index contributed by atoms with van der Waals surface area (Å²) in [7, 11) is 0. The van der Waals surface area contributed by atoms with Crippen molar-refractivity contribution in [1.29, 1.82) is 0 Å². The van der Waals surface area contributed by atoms with Crippen LogP contribution >= 0.6 is 0 Å². The number of unbranched alkanes of at least 4 members (excludes halogenated alkanes) is 1. The lowest BCUT2D eigenvalue weighted by Crippen LogP contribution is -2.30. The average Bonchev–Trinajstić information content (AvgIpc) is 2.55. The molecule has 0 aromatic heterocycles. The summed E-state index contributed by atoms with van der Waals surface area (Å²) in [6.45, 7) is 4.53. The number of rotatable bonds is 7. The predicted molar refractivity (Wildman–Crippen MR) is 91.7 cm³/mol. The first-order chi connectivity index (χ1) is 10.7. The van der Waals surface area contributed by atoms with Crippen LogP contribution in [0.3, 0.4) is 0 Å². The molecule has 0 saturated heterocycles. The zero-order valence-electron chi connectivity index (χ0n) is 14.8. The third-order valence-electron chi connectivity index (χ3n) is 5.92. The van der Waals surface area contributed by atoms with E-state index in [0.29, 0.717) is 0 Å². The summed E-state index contributed by atoms with van der Waals surface area (Å²) in [5.41, 5.74) is 0. The van der Waals surface area contributed by atoms with Crippen LogP contribution in [-0.4, -0.2) is 12.1 Å². The zero-order chi connectivity index (χ0) is 15.8. The molecule has 0 radical (unpaired) electrons. The molecule has 0 spiro atoms. The number of carbonyl (C=O) groups excluding carboxylic acids is 1. The fraction of sp³-hybridized carbons (Fsp3) is 0.950. The molecular weight excluding hydrogens is 272 g/mol. The van der Waals surface area contributed by atoms with Crippen LogP contribution in [0.4, 0.5) is 0 Å². The van der Waals surface area contributed by atoms with E-state index in [-0.39, 0.29) is 18.0 Å². The lowest BCUT2D eigenvalue weighted by atomic mass is 9.79. The first-order valence-corrected chi connectivity index (χ1v) is 9.93. The molecule has 2 aliphatic rings. The van der Waals surface area contributed by atoms with Crippen molar-refractivity contribution in [2.24, 2.45) is 17.8 Å². The van der Waals surface area contributed by atoms with Gasteiger partial charge in [-0.2, -0.15) is 0 Å². The maximum Gasteiger partial charge on any atom is 0.309 e. The molecule has 2 heteroatoms. The van der Waals surface area contributed by atoms with E-state index in [1.165, 1.54) is 57.8 Å². The Morgan fingerprint density at radius 2 is 1.41 bits per heavy atom. The van der Waals surface area contributed by atoms with Gasteiger partial charge in [0, 0.05) is 0 Å². The lowest BCUT2D eigenvalue weighted by Gasteiger charge is -2.31. The van der Waals surface area contributed by atoms with Gasteiger partial charge in [0.25, 0.3) is 0 Å². The molecule has 128 valence electrons. The van der Waals surface area contributed by atoms with Gasteiger partial charge >= 0.3 is 5.97 Å². The maximum absolute atomic E-state index is 12.4. The molecule has 0 N–H and O–H groups in total. The van der Waals surface area contributed by atoms with Gasteiger partial charge in [0.05, 0.1) is 5.92 Å². The van der Waals surface area contributed by atoms with Gasteiger partial charge in [0.15, 0.2) is 0 Å². The minimum Gasteiger partial charge on any atom is -0.462 e. The van der Waals surface area contributed by atoms with Crippen molar-refractivity contribution in [3.05, 3.63) is 0 Å². The molecule has 0 amide bonds. The molecule has 0 unspecified atom stereocenters. The number of carbonyl (C=O) groups is 1. The van der Waals surface area contributed by atoms with Crippen LogP contribution in [0, 0.1) is 17.8 Å². The Hall–Kier alpha value is -0.530. The van der Waals surface area contributed by atoms with Crippen LogP contribution in [-0.2, 0) is 9.53 Å². The van der Waals surface area contributed by atoms with E-state index in [1.54, 1.807) is 0 Å². The normalized spacial score (nSPS) is 32.6. The molecule has 0 aromatic rings. The van der Waals surface area contributed by atoms with Crippen molar-refractivity contribution < 1.29 is 9.53 Å². The molecule has 2 rings (SSSR count). The molecule has 0 bridgehead atoms. The van der Waals surface area contributed by atoms with E-state index in [2.05, 4.69) is 13.8 Å². The first kappa shape index (κ1) is 17.8. The highest BCUT2D eigenvalue weighted by Crippen LogP contribution is 2.34. The molecule has 0 aromatic carbocycles. The third-order valence-corrected chi connectivity index (χ3v) is 5.92. The fourth-order valence-electron chi connectivity index (χ4n) is 4.39. The van der Waals surface area contributed by atoms with Crippen molar-refractivity contribution in [3.63, 3.8) is 0 Å². The maximum atomic E-state index is 12.4. The summed E-state index contributed by atoms with van der Waals surface area (Å²) in [5, 5.41) is 0. The smallest absolute Gasteiger partial charge is 0.309 e. The molecule has 2 aliphatic carbocycles. The van der Waals surface area contributed by atoms with Crippen LogP contribution in [0.25, 0.3) is 0 Å². The molecule has 2 saturated carbocycles. The van der Waals surface area contributed by atoms with Crippen molar-refractivity contribution >= 4 is 5.97 Å². The Balaban J connectivity index is 1.64. The minimum absolute atomic E-state index is 0.118. The molecular formula is C20H36O2. The van der Waals surface area contributed by atoms with Crippen LogP contribution in [0.2, 0.25) is 0 Å². The Morgan fingerprint density at radius 1 is 0.818 bits per heavy atom. The van der Waals surface area contributed by atoms with E-state index in [4.69, 9.17) is 4.74 Å². The number of ether oxygens (including phenoxy) is 1. The highest BCUT2D eigenvalue weighted by molar-refractivity contribution is 5.72. The fourth-order valence-corrected chi connectivity index (χ4v) is 4.39. The molecule has 2 nitrogen and oxygen atoms in total. The van der Waals surface area contributed by atoms with E-state index in [0.717, 1.165) is 37.5 Å².